The molecule has 0 aliphatic rings. The lowest BCUT2D eigenvalue weighted by Gasteiger charge is -2.29. The topological polar surface area (TPSA) is 91.0 Å². The summed E-state index contributed by atoms with van der Waals surface area (Å²) in [5, 5.41) is 14.8. The third-order valence-corrected chi connectivity index (χ3v) is 4.09. The standard InChI is InChI=1S/C14H30N4O2/c1-6-14(7-2,12(15)17-20)13(19)16-9-8-10-18(5)11(3)4/h11,20H,6-10H2,1-5H3,(H2,15,17)(H,16,19). The summed E-state index contributed by atoms with van der Waals surface area (Å²) >= 11 is 0. The van der Waals surface area contributed by atoms with E-state index < -0.39 is 5.41 Å². The lowest BCUT2D eigenvalue weighted by atomic mass is 9.80. The minimum Gasteiger partial charge on any atom is -0.409 e. The maximum atomic E-state index is 12.3. The smallest absolute Gasteiger partial charge is 0.233 e. The Morgan fingerprint density at radius 1 is 1.40 bits per heavy atom. The van der Waals surface area contributed by atoms with Gasteiger partial charge in [-0.2, -0.15) is 0 Å². The number of amidine groups is 1. The van der Waals surface area contributed by atoms with Gasteiger partial charge in [0.15, 0.2) is 5.84 Å². The third kappa shape index (κ3) is 4.67. The molecule has 0 bridgehead atoms. The molecule has 6 heteroatoms. The number of nitrogens with two attached hydrogens (primary N) is 1. The Bertz CT molecular complexity index is 325. The summed E-state index contributed by atoms with van der Waals surface area (Å²) in [4.78, 5) is 14.5. The van der Waals surface area contributed by atoms with Gasteiger partial charge in [-0.15, -0.1) is 0 Å². The molecule has 0 saturated carbocycles. The molecule has 0 aliphatic heterocycles. The number of hydrogen-bond donors (Lipinski definition) is 3. The van der Waals surface area contributed by atoms with Crippen molar-refractivity contribution in [2.24, 2.45) is 16.3 Å². The average Bonchev–Trinajstić information content (AvgIpc) is 2.44. The van der Waals surface area contributed by atoms with Crippen LogP contribution in [0.2, 0.25) is 0 Å². The van der Waals surface area contributed by atoms with Crippen LogP contribution in [-0.4, -0.2) is 48.0 Å². The molecule has 0 aliphatic carbocycles. The van der Waals surface area contributed by atoms with Gasteiger partial charge in [-0.25, -0.2) is 0 Å². The van der Waals surface area contributed by atoms with Gasteiger partial charge in [0, 0.05) is 12.6 Å². The van der Waals surface area contributed by atoms with Crippen LogP contribution in [0, 0.1) is 5.41 Å². The van der Waals surface area contributed by atoms with Crippen LogP contribution in [0.3, 0.4) is 0 Å². The molecule has 0 spiro atoms. The van der Waals surface area contributed by atoms with Gasteiger partial charge in [0.1, 0.15) is 5.41 Å². The van der Waals surface area contributed by atoms with Crippen LogP contribution in [0.1, 0.15) is 47.0 Å². The van der Waals surface area contributed by atoms with Gasteiger partial charge in [-0.05, 0) is 46.7 Å². The quantitative estimate of drug-likeness (QED) is 0.196. The summed E-state index contributed by atoms with van der Waals surface area (Å²) in [6.07, 6.45) is 1.90. The molecule has 6 nitrogen and oxygen atoms in total. The summed E-state index contributed by atoms with van der Waals surface area (Å²) in [6, 6.07) is 0.494. The van der Waals surface area contributed by atoms with Gasteiger partial charge in [-0.3, -0.25) is 4.79 Å². The fourth-order valence-corrected chi connectivity index (χ4v) is 2.10. The molecule has 4 N–H and O–H groups in total. The number of nitrogens with one attached hydrogen (secondary N) is 1. The first-order valence-electron chi connectivity index (χ1n) is 7.32. The van der Waals surface area contributed by atoms with Crippen LogP contribution >= 0.6 is 0 Å². The second kappa shape index (κ2) is 8.79. The molecule has 118 valence electrons. The second-order valence-corrected chi connectivity index (χ2v) is 5.46. The van der Waals surface area contributed by atoms with Gasteiger partial charge < -0.3 is 21.2 Å². The van der Waals surface area contributed by atoms with E-state index in [1.165, 1.54) is 0 Å². The average molecular weight is 286 g/mol. The van der Waals surface area contributed by atoms with Crippen molar-refractivity contribution in [1.82, 2.24) is 10.2 Å². The number of carbonyl (C=O) groups is 1. The molecule has 20 heavy (non-hydrogen) atoms. The van der Waals surface area contributed by atoms with E-state index in [-0.39, 0.29) is 11.7 Å². The van der Waals surface area contributed by atoms with E-state index >= 15 is 0 Å². The summed E-state index contributed by atoms with van der Waals surface area (Å²) < 4.78 is 0. The number of rotatable bonds is 9. The molecule has 0 rings (SSSR count). The molecule has 0 atom stereocenters. The zero-order valence-corrected chi connectivity index (χ0v) is 13.4. The fraction of sp³-hybridized carbons (Fsp3) is 0.857. The Morgan fingerprint density at radius 3 is 2.35 bits per heavy atom. The Hall–Kier alpha value is -1.30. The number of hydrogen-bond acceptors (Lipinski definition) is 4. The first kappa shape index (κ1) is 18.7. The highest BCUT2D eigenvalue weighted by atomic mass is 16.4. The number of nitrogens with zero attached hydrogens (tertiary/aromatic N) is 2. The van der Waals surface area contributed by atoms with E-state index in [1.807, 2.05) is 13.8 Å². The van der Waals surface area contributed by atoms with Crippen LogP contribution in [0.25, 0.3) is 0 Å². The highest BCUT2D eigenvalue weighted by molar-refractivity contribution is 6.06. The summed E-state index contributed by atoms with van der Waals surface area (Å²) in [5.41, 5.74) is 4.79. The van der Waals surface area contributed by atoms with E-state index in [2.05, 4.69) is 36.3 Å². The van der Waals surface area contributed by atoms with Gasteiger partial charge in [0.05, 0.1) is 0 Å². The highest BCUT2D eigenvalue weighted by Gasteiger charge is 2.39. The van der Waals surface area contributed by atoms with Crippen molar-refractivity contribution in [3.05, 3.63) is 0 Å². The molecule has 0 heterocycles. The highest BCUT2D eigenvalue weighted by Crippen LogP contribution is 2.26. The molecule has 0 aromatic carbocycles. The maximum absolute atomic E-state index is 12.3. The van der Waals surface area contributed by atoms with Gasteiger partial charge >= 0.3 is 0 Å². The molecular formula is C14H30N4O2. The minimum absolute atomic E-state index is 0.0145. The summed E-state index contributed by atoms with van der Waals surface area (Å²) in [6.45, 7) is 9.52. The molecule has 0 saturated heterocycles. The summed E-state index contributed by atoms with van der Waals surface area (Å²) in [5.74, 6) is -0.177. The predicted octanol–water partition coefficient (Wildman–Crippen LogP) is 1.39. The van der Waals surface area contributed by atoms with Crippen molar-refractivity contribution in [2.45, 2.75) is 53.0 Å². The minimum atomic E-state index is -0.904. The first-order valence-corrected chi connectivity index (χ1v) is 7.32. The normalized spacial score (nSPS) is 13.1. The molecule has 0 radical (unpaired) electrons. The van der Waals surface area contributed by atoms with Gasteiger partial charge in [0.2, 0.25) is 5.91 Å². The van der Waals surface area contributed by atoms with E-state index in [4.69, 9.17) is 10.9 Å². The SMILES string of the molecule is CCC(CC)(C(=O)NCCCN(C)C(C)C)C(N)=NO. The van der Waals surface area contributed by atoms with Gasteiger partial charge in [-0.1, -0.05) is 19.0 Å². The number of carbonyl (C=O) groups excluding carboxylic acids is 1. The zero-order chi connectivity index (χ0) is 15.8. The summed E-state index contributed by atoms with van der Waals surface area (Å²) in [7, 11) is 2.06. The predicted molar refractivity (Wildman–Crippen MR) is 81.8 cm³/mol. The van der Waals surface area contributed by atoms with E-state index in [9.17, 15) is 4.79 Å². The Kier molecular flexibility index (Phi) is 8.22. The Labute approximate surface area is 122 Å². The van der Waals surface area contributed by atoms with Crippen LogP contribution in [0.4, 0.5) is 0 Å². The van der Waals surface area contributed by atoms with Crippen molar-refractivity contribution in [3.63, 3.8) is 0 Å². The van der Waals surface area contributed by atoms with E-state index in [0.717, 1.165) is 13.0 Å². The van der Waals surface area contributed by atoms with Crippen LogP contribution in [0.15, 0.2) is 5.16 Å². The fourth-order valence-electron chi connectivity index (χ4n) is 2.10. The van der Waals surface area contributed by atoms with Crippen LogP contribution < -0.4 is 11.1 Å². The van der Waals surface area contributed by atoms with Crippen LogP contribution in [0.5, 0.6) is 0 Å². The van der Waals surface area contributed by atoms with Crippen LogP contribution in [-0.2, 0) is 4.79 Å². The van der Waals surface area contributed by atoms with E-state index in [0.29, 0.717) is 25.4 Å². The van der Waals surface area contributed by atoms with Gasteiger partial charge in [0.25, 0.3) is 0 Å². The third-order valence-electron chi connectivity index (χ3n) is 4.09. The van der Waals surface area contributed by atoms with Crippen molar-refractivity contribution in [2.75, 3.05) is 20.1 Å². The molecule has 0 unspecified atom stereocenters. The number of oxime groups is 1. The van der Waals surface area contributed by atoms with Crippen molar-refractivity contribution < 1.29 is 10.0 Å². The number of amides is 1. The Morgan fingerprint density at radius 2 is 1.95 bits per heavy atom. The molecule has 1 amide bonds. The van der Waals surface area contributed by atoms with Crippen molar-refractivity contribution in [1.29, 1.82) is 0 Å². The maximum Gasteiger partial charge on any atom is 0.233 e. The van der Waals surface area contributed by atoms with Crippen molar-refractivity contribution in [3.8, 4) is 0 Å². The zero-order valence-electron chi connectivity index (χ0n) is 13.4. The largest absolute Gasteiger partial charge is 0.409 e. The first-order chi connectivity index (χ1) is 9.35. The molecular weight excluding hydrogens is 256 g/mol. The monoisotopic (exact) mass is 286 g/mol. The lowest BCUT2D eigenvalue weighted by molar-refractivity contribution is -0.128. The molecule has 0 aromatic heterocycles. The Balaban J connectivity index is 4.44. The molecule has 0 aromatic rings. The molecule has 0 fully saturated rings. The lowest BCUT2D eigenvalue weighted by Crippen LogP contribution is -2.49. The second-order valence-electron chi connectivity index (χ2n) is 5.46. The van der Waals surface area contributed by atoms with Crippen molar-refractivity contribution >= 4 is 11.7 Å². The van der Waals surface area contributed by atoms with E-state index in [1.54, 1.807) is 0 Å².